The van der Waals surface area contributed by atoms with Crippen LogP contribution in [0.1, 0.15) is 59.3 Å². The first-order valence-corrected chi connectivity index (χ1v) is 6.72. The predicted molar refractivity (Wildman–Crippen MR) is 73.5 cm³/mol. The van der Waals surface area contributed by atoms with Crippen molar-refractivity contribution in [2.45, 2.75) is 59.3 Å². The molecule has 0 aromatic carbocycles. The molecule has 1 aliphatic carbocycles. The van der Waals surface area contributed by atoms with Gasteiger partial charge in [0.05, 0.1) is 0 Å². The van der Waals surface area contributed by atoms with Crippen molar-refractivity contribution in [3.05, 3.63) is 35.5 Å². The van der Waals surface area contributed by atoms with Gasteiger partial charge >= 0.3 is 0 Å². The Kier molecular flexibility index (Phi) is 5.59. The summed E-state index contributed by atoms with van der Waals surface area (Å²) in [5, 5.41) is 0. The first-order valence-electron chi connectivity index (χ1n) is 6.72. The third-order valence-corrected chi connectivity index (χ3v) is 3.49. The first kappa shape index (κ1) is 13.3. The molecule has 1 rings (SSSR count). The van der Waals surface area contributed by atoms with E-state index >= 15 is 0 Å². The molecule has 0 heterocycles. The molecule has 0 nitrogen and oxygen atoms in total. The van der Waals surface area contributed by atoms with Gasteiger partial charge in [-0.1, -0.05) is 56.6 Å². The van der Waals surface area contributed by atoms with Crippen molar-refractivity contribution in [1.82, 2.24) is 0 Å². The van der Waals surface area contributed by atoms with Crippen LogP contribution < -0.4 is 0 Å². The second-order valence-electron chi connectivity index (χ2n) is 5.06. The zero-order valence-electron chi connectivity index (χ0n) is 11.2. The molecular formula is C16H26. The molecule has 0 aromatic rings. The SMILES string of the molecule is C=C(C)C1=C(C(C)CCCC)CCCC=C1. The van der Waals surface area contributed by atoms with Gasteiger partial charge in [-0.05, 0) is 44.1 Å². The Balaban J connectivity index is 2.85. The average Bonchev–Trinajstić information content (AvgIpc) is 2.50. The fourth-order valence-electron chi connectivity index (χ4n) is 2.47. The van der Waals surface area contributed by atoms with Crippen molar-refractivity contribution in [3.63, 3.8) is 0 Å². The minimum absolute atomic E-state index is 0.731. The van der Waals surface area contributed by atoms with Gasteiger partial charge in [-0.15, -0.1) is 0 Å². The maximum Gasteiger partial charge on any atom is -0.0223 e. The molecule has 0 amide bonds. The summed E-state index contributed by atoms with van der Waals surface area (Å²) < 4.78 is 0. The second kappa shape index (κ2) is 6.73. The summed E-state index contributed by atoms with van der Waals surface area (Å²) in [6, 6.07) is 0. The van der Waals surface area contributed by atoms with Gasteiger partial charge in [0.2, 0.25) is 0 Å². The van der Waals surface area contributed by atoms with Crippen LogP contribution in [0.4, 0.5) is 0 Å². The van der Waals surface area contributed by atoms with Crippen molar-refractivity contribution < 1.29 is 0 Å². The van der Waals surface area contributed by atoms with E-state index in [2.05, 4.69) is 39.5 Å². The second-order valence-corrected chi connectivity index (χ2v) is 5.06. The van der Waals surface area contributed by atoms with E-state index in [0.717, 1.165) is 5.92 Å². The Hall–Kier alpha value is -0.780. The smallest absolute Gasteiger partial charge is 0.0223 e. The minimum atomic E-state index is 0.731. The van der Waals surface area contributed by atoms with Crippen LogP contribution in [-0.4, -0.2) is 0 Å². The van der Waals surface area contributed by atoms with E-state index in [0.29, 0.717) is 0 Å². The van der Waals surface area contributed by atoms with Crippen LogP contribution in [0.2, 0.25) is 0 Å². The number of hydrogen-bond donors (Lipinski definition) is 0. The molecule has 0 aromatic heterocycles. The molecule has 0 saturated heterocycles. The molecule has 1 aliphatic rings. The molecule has 0 spiro atoms. The third-order valence-electron chi connectivity index (χ3n) is 3.49. The van der Waals surface area contributed by atoms with Crippen molar-refractivity contribution in [2.75, 3.05) is 0 Å². The van der Waals surface area contributed by atoms with Crippen LogP contribution in [-0.2, 0) is 0 Å². The lowest BCUT2D eigenvalue weighted by Gasteiger charge is -2.19. The van der Waals surface area contributed by atoms with Crippen molar-refractivity contribution in [1.29, 1.82) is 0 Å². The number of unbranched alkanes of at least 4 members (excludes halogenated alkanes) is 1. The molecule has 0 N–H and O–H groups in total. The maximum absolute atomic E-state index is 4.12. The highest BCUT2D eigenvalue weighted by Gasteiger charge is 2.14. The van der Waals surface area contributed by atoms with Crippen LogP contribution >= 0.6 is 0 Å². The lowest BCUT2D eigenvalue weighted by molar-refractivity contribution is 0.547. The van der Waals surface area contributed by atoms with Crippen LogP contribution in [0.15, 0.2) is 35.5 Å². The lowest BCUT2D eigenvalue weighted by Crippen LogP contribution is -2.03. The van der Waals surface area contributed by atoms with Gasteiger partial charge in [-0.25, -0.2) is 0 Å². The Morgan fingerprint density at radius 3 is 2.88 bits per heavy atom. The van der Waals surface area contributed by atoms with E-state index in [1.54, 1.807) is 5.57 Å². The van der Waals surface area contributed by atoms with Crippen LogP contribution in [0, 0.1) is 5.92 Å². The fourth-order valence-corrected chi connectivity index (χ4v) is 2.47. The van der Waals surface area contributed by atoms with Gasteiger partial charge in [0.1, 0.15) is 0 Å². The maximum atomic E-state index is 4.12. The summed E-state index contributed by atoms with van der Waals surface area (Å²) in [6.07, 6.45) is 12.4. The zero-order valence-corrected chi connectivity index (χ0v) is 11.2. The van der Waals surface area contributed by atoms with Crippen molar-refractivity contribution in [2.24, 2.45) is 5.92 Å². The van der Waals surface area contributed by atoms with Crippen LogP contribution in [0.25, 0.3) is 0 Å². The highest BCUT2D eigenvalue weighted by atomic mass is 14.2. The topological polar surface area (TPSA) is 0 Å². The third kappa shape index (κ3) is 3.66. The molecule has 16 heavy (non-hydrogen) atoms. The van der Waals surface area contributed by atoms with Gasteiger partial charge < -0.3 is 0 Å². The van der Waals surface area contributed by atoms with Crippen molar-refractivity contribution in [3.8, 4) is 0 Å². The average molecular weight is 218 g/mol. The quantitative estimate of drug-likeness (QED) is 0.577. The van der Waals surface area contributed by atoms with Gasteiger partial charge in [0.15, 0.2) is 0 Å². The van der Waals surface area contributed by atoms with E-state index in [1.807, 2.05) is 0 Å². The molecular weight excluding hydrogens is 192 g/mol. The molecule has 0 saturated carbocycles. The van der Waals surface area contributed by atoms with E-state index in [4.69, 9.17) is 0 Å². The van der Waals surface area contributed by atoms with E-state index in [1.165, 1.54) is 49.7 Å². The number of hydrogen-bond acceptors (Lipinski definition) is 0. The molecule has 0 bridgehead atoms. The first-order chi connectivity index (χ1) is 7.66. The fraction of sp³-hybridized carbons (Fsp3) is 0.625. The van der Waals surface area contributed by atoms with Gasteiger partial charge in [0, 0.05) is 0 Å². The number of allylic oxidation sites excluding steroid dienone is 5. The lowest BCUT2D eigenvalue weighted by atomic mass is 9.87. The normalized spacial score (nSPS) is 18.4. The largest absolute Gasteiger partial charge is 0.0955 e. The highest BCUT2D eigenvalue weighted by molar-refractivity contribution is 5.42. The Bertz CT molecular complexity index is 291. The van der Waals surface area contributed by atoms with Crippen LogP contribution in [0.3, 0.4) is 0 Å². The van der Waals surface area contributed by atoms with E-state index in [-0.39, 0.29) is 0 Å². The Morgan fingerprint density at radius 2 is 2.25 bits per heavy atom. The Morgan fingerprint density at radius 1 is 1.50 bits per heavy atom. The predicted octanol–water partition coefficient (Wildman–Crippen LogP) is 5.43. The molecule has 0 heteroatoms. The Labute approximate surface area is 101 Å². The highest BCUT2D eigenvalue weighted by Crippen LogP contribution is 2.31. The summed E-state index contributed by atoms with van der Waals surface area (Å²) in [7, 11) is 0. The van der Waals surface area contributed by atoms with E-state index in [9.17, 15) is 0 Å². The number of rotatable bonds is 5. The summed E-state index contributed by atoms with van der Waals surface area (Å²) in [5.41, 5.74) is 4.31. The van der Waals surface area contributed by atoms with Crippen LogP contribution in [0.5, 0.6) is 0 Å². The molecule has 1 unspecified atom stereocenters. The molecule has 0 fully saturated rings. The monoisotopic (exact) mass is 218 g/mol. The molecule has 90 valence electrons. The van der Waals surface area contributed by atoms with E-state index < -0.39 is 0 Å². The molecule has 1 atom stereocenters. The summed E-state index contributed by atoms with van der Waals surface area (Å²) >= 11 is 0. The summed E-state index contributed by atoms with van der Waals surface area (Å²) in [4.78, 5) is 0. The zero-order chi connectivity index (χ0) is 12.0. The van der Waals surface area contributed by atoms with Gasteiger partial charge in [-0.2, -0.15) is 0 Å². The summed E-state index contributed by atoms with van der Waals surface area (Å²) in [6.45, 7) is 10.9. The standard InChI is InChI=1S/C16H26/c1-5-6-10-14(4)16-12-9-7-8-11-15(16)13(2)3/h8,11,14H,2,5-7,9-10,12H2,1,3-4H3. The molecule has 0 radical (unpaired) electrons. The molecule has 0 aliphatic heterocycles. The van der Waals surface area contributed by atoms with Crippen molar-refractivity contribution >= 4 is 0 Å². The summed E-state index contributed by atoms with van der Waals surface area (Å²) in [5.74, 6) is 0.731. The van der Waals surface area contributed by atoms with Gasteiger partial charge in [-0.3, -0.25) is 0 Å². The van der Waals surface area contributed by atoms with Gasteiger partial charge in [0.25, 0.3) is 0 Å². The minimum Gasteiger partial charge on any atom is -0.0955 e.